The van der Waals surface area contributed by atoms with E-state index in [-0.39, 0.29) is 33.4 Å². The zero-order chi connectivity index (χ0) is 51.3. The molecule has 0 aliphatic heterocycles. The van der Waals surface area contributed by atoms with Crippen LogP contribution >= 0.6 is 0 Å². The lowest BCUT2D eigenvalue weighted by molar-refractivity contribution is 0.111. The summed E-state index contributed by atoms with van der Waals surface area (Å²) in [6, 6.07) is 31.7. The van der Waals surface area contributed by atoms with Gasteiger partial charge in [0.2, 0.25) is 0 Å². The van der Waals surface area contributed by atoms with Gasteiger partial charge < -0.3 is 0 Å². The SMILES string of the molecule is Cc1ccc(C#Cc2c(C#Cc3ccc(C)cc3C=O)c(C#Cc3ccc(C)cc3C=O)c(C#Cc3ccc(C)cc3C=O)c(C#Cc3ccc(C)cc3C=O)c2C#Cc2ccc(C)cc2C=O)c(C=O)c1. The van der Waals surface area contributed by atoms with Crippen molar-refractivity contribution in [1.82, 2.24) is 0 Å². The highest BCUT2D eigenvalue weighted by atomic mass is 16.1. The van der Waals surface area contributed by atoms with E-state index in [0.29, 0.717) is 66.8 Å². The Balaban J connectivity index is 1.79. The van der Waals surface area contributed by atoms with Gasteiger partial charge in [0.1, 0.15) is 0 Å². The molecule has 6 nitrogen and oxygen atoms in total. The van der Waals surface area contributed by atoms with Crippen molar-refractivity contribution in [2.75, 3.05) is 0 Å². The Bertz CT molecular complexity index is 3190. The summed E-state index contributed by atoms with van der Waals surface area (Å²) < 4.78 is 0. The molecule has 0 aliphatic carbocycles. The lowest BCUT2D eigenvalue weighted by Gasteiger charge is -2.13. The monoisotopic (exact) mass is 930 g/mol. The molecule has 7 rings (SSSR count). The fourth-order valence-corrected chi connectivity index (χ4v) is 7.64. The predicted molar refractivity (Wildman–Crippen MR) is 282 cm³/mol. The first-order valence-electron chi connectivity index (χ1n) is 22.6. The smallest absolute Gasteiger partial charge is 0.151 e. The lowest BCUT2D eigenvalue weighted by Crippen LogP contribution is -2.06. The molecule has 0 unspecified atom stereocenters. The molecule has 6 heteroatoms. The number of aldehydes is 6. The Morgan fingerprint density at radius 1 is 0.222 bits per heavy atom. The molecule has 0 fully saturated rings. The summed E-state index contributed by atoms with van der Waals surface area (Å²) >= 11 is 0. The van der Waals surface area contributed by atoms with Crippen molar-refractivity contribution in [3.8, 4) is 71.0 Å². The maximum atomic E-state index is 12.5. The average Bonchev–Trinajstić information content (AvgIpc) is 3.38. The standard InChI is InChI=1S/C66H42O6/c1-43-7-13-49(55(31-43)37-67)19-25-61-62(26-20-50-14-8-44(2)32-56(50)38-68)64(28-22-52-16-10-46(4)34-58(52)40-70)66(30-24-54-18-12-48(6)36-60(54)42-72)65(29-23-53-17-11-47(5)35-59(53)41-71)63(61)27-21-51-15-9-45(3)33-57(51)39-69/h7-18,31-42H,1-6H3. The second-order valence-electron chi connectivity index (χ2n) is 17.0. The van der Waals surface area contributed by atoms with Crippen LogP contribution in [0.25, 0.3) is 0 Å². The van der Waals surface area contributed by atoms with Gasteiger partial charge >= 0.3 is 0 Å². The van der Waals surface area contributed by atoms with Crippen LogP contribution in [0.3, 0.4) is 0 Å². The first kappa shape index (κ1) is 49.8. The molecule has 0 aliphatic rings. The highest BCUT2D eigenvalue weighted by molar-refractivity contribution is 5.86. The zero-order valence-electron chi connectivity index (χ0n) is 40.3. The van der Waals surface area contributed by atoms with Crippen LogP contribution < -0.4 is 0 Å². The summed E-state index contributed by atoms with van der Waals surface area (Å²) in [4.78, 5) is 75.1. The molecule has 7 aromatic carbocycles. The summed E-state index contributed by atoms with van der Waals surface area (Å²) in [7, 11) is 0. The van der Waals surface area contributed by atoms with Gasteiger partial charge in [-0.25, -0.2) is 0 Å². The molecule has 0 N–H and O–H groups in total. The van der Waals surface area contributed by atoms with Gasteiger partial charge in [0.15, 0.2) is 37.7 Å². The topological polar surface area (TPSA) is 102 Å². The first-order chi connectivity index (χ1) is 34.9. The number of aryl methyl sites for hydroxylation is 6. The Morgan fingerprint density at radius 2 is 0.361 bits per heavy atom. The van der Waals surface area contributed by atoms with Crippen molar-refractivity contribution in [1.29, 1.82) is 0 Å². The maximum Gasteiger partial charge on any atom is 0.151 e. The fraction of sp³-hybridized carbons (Fsp3) is 0.0909. The molecule has 0 amide bonds. The van der Waals surface area contributed by atoms with E-state index in [4.69, 9.17) is 0 Å². The minimum absolute atomic E-state index is 0.203. The lowest BCUT2D eigenvalue weighted by atomic mass is 9.85. The van der Waals surface area contributed by atoms with Gasteiger partial charge in [-0.15, -0.1) is 0 Å². The Hall–Kier alpha value is -10.1. The predicted octanol–water partition coefficient (Wildman–Crippen LogP) is 10.8. The molecule has 0 radical (unpaired) electrons. The Morgan fingerprint density at radius 3 is 0.486 bits per heavy atom. The number of carbonyl (C=O) groups excluding carboxylic acids is 6. The minimum atomic E-state index is 0.203. The van der Waals surface area contributed by atoms with Crippen LogP contribution in [0.4, 0.5) is 0 Å². The molecule has 0 saturated carbocycles. The van der Waals surface area contributed by atoms with Gasteiger partial charge in [-0.3, -0.25) is 28.8 Å². The molecule has 72 heavy (non-hydrogen) atoms. The van der Waals surface area contributed by atoms with Crippen LogP contribution in [0.15, 0.2) is 109 Å². The van der Waals surface area contributed by atoms with Crippen LogP contribution in [-0.4, -0.2) is 37.7 Å². The van der Waals surface area contributed by atoms with E-state index in [0.717, 1.165) is 71.1 Å². The minimum Gasteiger partial charge on any atom is -0.298 e. The quantitative estimate of drug-likeness (QED) is 0.122. The van der Waals surface area contributed by atoms with Crippen molar-refractivity contribution in [3.63, 3.8) is 0 Å². The Labute approximate surface area is 419 Å². The van der Waals surface area contributed by atoms with Crippen LogP contribution in [0, 0.1) is 113 Å². The van der Waals surface area contributed by atoms with Crippen LogP contribution in [0.2, 0.25) is 0 Å². The molecular weight excluding hydrogens is 889 g/mol. The summed E-state index contributed by atoms with van der Waals surface area (Å²) in [6.07, 6.45) is 4.33. The van der Waals surface area contributed by atoms with Crippen LogP contribution in [-0.2, 0) is 0 Å². The molecule has 0 bridgehead atoms. The summed E-state index contributed by atoms with van der Waals surface area (Å²) in [5.41, 5.74) is 10.7. The normalized spacial score (nSPS) is 9.75. The molecule has 0 aromatic heterocycles. The highest BCUT2D eigenvalue weighted by Crippen LogP contribution is 2.29. The summed E-state index contributed by atoms with van der Waals surface area (Å²) in [6.45, 7) is 11.2. The third-order valence-electron chi connectivity index (χ3n) is 11.4. The first-order valence-corrected chi connectivity index (χ1v) is 22.6. The van der Waals surface area contributed by atoms with Crippen LogP contribution in [0.1, 0.15) is 162 Å². The maximum absolute atomic E-state index is 12.5. The molecule has 7 aromatic rings. The third-order valence-corrected chi connectivity index (χ3v) is 11.4. The third kappa shape index (κ3) is 11.6. The number of hydrogen-bond donors (Lipinski definition) is 0. The Kier molecular flexibility index (Phi) is 15.8. The summed E-state index contributed by atoms with van der Waals surface area (Å²) in [5, 5.41) is 0. The van der Waals surface area contributed by atoms with Crippen molar-refractivity contribution in [2.45, 2.75) is 41.5 Å². The highest BCUT2D eigenvalue weighted by Gasteiger charge is 2.21. The van der Waals surface area contributed by atoms with Gasteiger partial charge in [-0.05, 0) is 114 Å². The van der Waals surface area contributed by atoms with E-state index in [1.807, 2.05) is 77.9 Å². The van der Waals surface area contributed by atoms with Crippen LogP contribution in [0.5, 0.6) is 0 Å². The molecule has 0 atom stereocenters. The van der Waals surface area contributed by atoms with Crippen molar-refractivity contribution < 1.29 is 28.8 Å². The number of hydrogen-bond acceptors (Lipinski definition) is 6. The molecule has 0 heterocycles. The van der Waals surface area contributed by atoms with Crippen molar-refractivity contribution in [2.24, 2.45) is 0 Å². The van der Waals surface area contributed by atoms with E-state index in [2.05, 4.69) is 71.0 Å². The fourth-order valence-electron chi connectivity index (χ4n) is 7.64. The van der Waals surface area contributed by atoms with Gasteiger partial charge in [0, 0.05) is 66.8 Å². The van der Waals surface area contributed by atoms with E-state index in [1.54, 1.807) is 72.8 Å². The summed E-state index contributed by atoms with van der Waals surface area (Å²) in [5.74, 6) is 39.0. The number of carbonyl (C=O) groups is 6. The van der Waals surface area contributed by atoms with Gasteiger partial charge in [-0.1, -0.05) is 141 Å². The van der Waals surface area contributed by atoms with Gasteiger partial charge in [-0.2, -0.15) is 0 Å². The van der Waals surface area contributed by atoms with E-state index >= 15 is 0 Å². The van der Waals surface area contributed by atoms with E-state index in [9.17, 15) is 28.8 Å². The number of rotatable bonds is 6. The second-order valence-corrected chi connectivity index (χ2v) is 17.0. The van der Waals surface area contributed by atoms with Gasteiger partial charge in [0.25, 0.3) is 0 Å². The molecule has 342 valence electrons. The molecule has 0 saturated heterocycles. The number of benzene rings is 7. The average molecular weight is 931 g/mol. The second kappa shape index (κ2) is 22.8. The largest absolute Gasteiger partial charge is 0.298 e. The van der Waals surface area contributed by atoms with Crippen molar-refractivity contribution >= 4 is 37.7 Å². The molecule has 0 spiro atoms. The van der Waals surface area contributed by atoms with E-state index in [1.165, 1.54) is 0 Å². The van der Waals surface area contributed by atoms with Gasteiger partial charge in [0.05, 0.1) is 33.4 Å². The zero-order valence-corrected chi connectivity index (χ0v) is 40.3. The van der Waals surface area contributed by atoms with E-state index < -0.39 is 0 Å². The van der Waals surface area contributed by atoms with Crippen molar-refractivity contribution in [3.05, 3.63) is 243 Å². The molecular formula is C66H42O6.